The number of aryl methyl sites for hydroxylation is 1. The molecule has 0 unspecified atom stereocenters. The van der Waals surface area contributed by atoms with Gasteiger partial charge in [0.25, 0.3) is 0 Å². The van der Waals surface area contributed by atoms with Gasteiger partial charge in [-0.15, -0.1) is 0 Å². The largest absolute Gasteiger partial charge is 0.492 e. The van der Waals surface area contributed by atoms with Crippen LogP contribution in [0.25, 0.3) is 10.2 Å². The third kappa shape index (κ3) is 5.76. The predicted molar refractivity (Wildman–Crippen MR) is 133 cm³/mol. The fraction of sp³-hybridized carbons (Fsp3) is 0.409. The first kappa shape index (κ1) is 25.8. The van der Waals surface area contributed by atoms with Crippen LogP contribution in [0.1, 0.15) is 13.3 Å². The van der Waals surface area contributed by atoms with Gasteiger partial charge < -0.3 is 9.47 Å². The summed E-state index contributed by atoms with van der Waals surface area (Å²) < 4.78 is 67.6. The number of sulfonamides is 2. The number of nitrogens with one attached hydrogen (secondary N) is 1. The lowest BCUT2D eigenvalue weighted by Gasteiger charge is -2.26. The van der Waals surface area contributed by atoms with Gasteiger partial charge in [0.15, 0.2) is 0 Å². The molecule has 0 atom stereocenters. The van der Waals surface area contributed by atoms with Gasteiger partial charge in [-0.25, -0.2) is 21.6 Å². The highest BCUT2D eigenvalue weighted by molar-refractivity contribution is 7.89. The number of morpholine rings is 1. The van der Waals surface area contributed by atoms with Crippen LogP contribution >= 0.6 is 11.3 Å². The zero-order chi connectivity index (χ0) is 25.1. The molecular formula is C22H27N3O7S3. The molecule has 35 heavy (non-hydrogen) atoms. The molecule has 1 fully saturated rings. The van der Waals surface area contributed by atoms with Gasteiger partial charge in [-0.3, -0.25) is 9.36 Å². The van der Waals surface area contributed by atoms with Gasteiger partial charge in [0.2, 0.25) is 20.0 Å². The average Bonchev–Trinajstić information content (AvgIpc) is 3.17. The van der Waals surface area contributed by atoms with Crippen LogP contribution in [-0.4, -0.2) is 65.2 Å². The summed E-state index contributed by atoms with van der Waals surface area (Å²) in [5.41, 5.74) is 0.725. The molecule has 0 aliphatic carbocycles. The van der Waals surface area contributed by atoms with Gasteiger partial charge in [0, 0.05) is 26.2 Å². The molecular weight excluding hydrogens is 514 g/mol. The number of ether oxygens (including phenoxy) is 2. The van der Waals surface area contributed by atoms with E-state index in [2.05, 4.69) is 4.72 Å². The molecule has 1 aliphatic rings. The Morgan fingerprint density at radius 3 is 2.40 bits per heavy atom. The summed E-state index contributed by atoms with van der Waals surface area (Å²) in [4.78, 5) is 12.3. The summed E-state index contributed by atoms with van der Waals surface area (Å²) in [6.07, 6.45) is 0.805. The molecule has 2 aromatic carbocycles. The quantitative estimate of drug-likeness (QED) is 0.389. The molecule has 190 valence electrons. The van der Waals surface area contributed by atoms with Crippen LogP contribution in [-0.2, 0) is 31.3 Å². The third-order valence-corrected chi connectivity index (χ3v) is 9.81. The van der Waals surface area contributed by atoms with E-state index in [0.29, 0.717) is 43.3 Å². The van der Waals surface area contributed by atoms with Crippen LogP contribution in [0.15, 0.2) is 57.1 Å². The second-order valence-corrected chi connectivity index (χ2v) is 12.6. The van der Waals surface area contributed by atoms with Crippen molar-refractivity contribution >= 4 is 41.6 Å². The lowest BCUT2D eigenvalue weighted by atomic mass is 10.3. The summed E-state index contributed by atoms with van der Waals surface area (Å²) in [5.74, 6) is 0.425. The van der Waals surface area contributed by atoms with Gasteiger partial charge in [-0.05, 0) is 48.9 Å². The van der Waals surface area contributed by atoms with Crippen LogP contribution in [0.2, 0.25) is 0 Å². The maximum absolute atomic E-state index is 12.7. The normalized spacial score (nSPS) is 15.5. The van der Waals surface area contributed by atoms with Crippen molar-refractivity contribution in [3.05, 3.63) is 52.1 Å². The molecule has 1 N–H and O–H groups in total. The number of hydrogen-bond acceptors (Lipinski definition) is 8. The molecule has 1 saturated heterocycles. The number of thiazole rings is 1. The number of fused-ring (bicyclic) bond motifs is 1. The molecule has 13 heteroatoms. The van der Waals surface area contributed by atoms with Crippen LogP contribution in [0.5, 0.6) is 5.75 Å². The maximum Gasteiger partial charge on any atom is 0.308 e. The SMILES string of the molecule is CCCn1c(=O)sc2cc(S(=O)(=O)NCCOc3ccc(S(=O)(=O)N4CCOCC4)cc3)ccc21. The van der Waals surface area contributed by atoms with E-state index in [-0.39, 0.29) is 27.8 Å². The number of rotatable bonds is 10. The molecule has 0 radical (unpaired) electrons. The van der Waals surface area contributed by atoms with E-state index in [1.54, 1.807) is 22.8 Å². The number of nitrogens with zero attached hydrogens (tertiary/aromatic N) is 2. The van der Waals surface area contributed by atoms with Crippen molar-refractivity contribution < 1.29 is 26.3 Å². The molecule has 1 aromatic heterocycles. The molecule has 0 saturated carbocycles. The fourth-order valence-electron chi connectivity index (χ4n) is 3.72. The van der Waals surface area contributed by atoms with Crippen molar-refractivity contribution in [3.63, 3.8) is 0 Å². The first-order valence-electron chi connectivity index (χ1n) is 11.2. The van der Waals surface area contributed by atoms with E-state index in [1.165, 1.54) is 28.6 Å². The highest BCUT2D eigenvalue weighted by Gasteiger charge is 2.26. The fourth-order valence-corrected chi connectivity index (χ4v) is 7.20. The minimum absolute atomic E-state index is 0.0152. The lowest BCUT2D eigenvalue weighted by Crippen LogP contribution is -2.40. The molecule has 0 amide bonds. The first-order valence-corrected chi connectivity index (χ1v) is 14.9. The number of aromatic nitrogens is 1. The van der Waals surface area contributed by atoms with Gasteiger partial charge >= 0.3 is 4.87 Å². The van der Waals surface area contributed by atoms with E-state index in [4.69, 9.17) is 9.47 Å². The second kappa shape index (κ2) is 10.8. The second-order valence-electron chi connectivity index (χ2n) is 7.88. The standard InChI is InChI=1S/C22H27N3O7S3/c1-2-10-25-20-8-7-19(16-21(20)33-22(25)26)34(27,28)23-9-13-32-17-3-5-18(6-4-17)35(29,30)24-11-14-31-15-12-24/h3-8,16,23H,2,9-15H2,1H3. The van der Waals surface area contributed by atoms with Gasteiger partial charge in [0.1, 0.15) is 12.4 Å². The molecule has 10 nitrogen and oxygen atoms in total. The highest BCUT2D eigenvalue weighted by atomic mass is 32.2. The van der Waals surface area contributed by atoms with Crippen molar-refractivity contribution in [1.29, 1.82) is 0 Å². The summed E-state index contributed by atoms with van der Waals surface area (Å²) >= 11 is 1.02. The summed E-state index contributed by atoms with van der Waals surface area (Å²) in [7, 11) is -7.38. The van der Waals surface area contributed by atoms with E-state index in [9.17, 15) is 21.6 Å². The highest BCUT2D eigenvalue weighted by Crippen LogP contribution is 2.23. The van der Waals surface area contributed by atoms with E-state index >= 15 is 0 Å². The topological polar surface area (TPSA) is 124 Å². The zero-order valence-corrected chi connectivity index (χ0v) is 21.6. The Balaban J connectivity index is 1.34. The van der Waals surface area contributed by atoms with Crippen molar-refractivity contribution in [3.8, 4) is 5.75 Å². The predicted octanol–water partition coefficient (Wildman–Crippen LogP) is 1.85. The summed E-state index contributed by atoms with van der Waals surface area (Å²) in [5, 5.41) is 0. The molecule has 1 aliphatic heterocycles. The van der Waals surface area contributed by atoms with Crippen LogP contribution in [0.3, 0.4) is 0 Å². The molecule has 2 heterocycles. The van der Waals surface area contributed by atoms with Crippen LogP contribution in [0.4, 0.5) is 0 Å². The third-order valence-electron chi connectivity index (χ3n) is 5.49. The van der Waals surface area contributed by atoms with Gasteiger partial charge in [-0.2, -0.15) is 4.31 Å². The minimum atomic E-state index is -3.79. The molecule has 0 spiro atoms. The smallest absolute Gasteiger partial charge is 0.308 e. The minimum Gasteiger partial charge on any atom is -0.492 e. The van der Waals surface area contributed by atoms with Crippen molar-refractivity contribution in [2.45, 2.75) is 29.7 Å². The zero-order valence-electron chi connectivity index (χ0n) is 19.2. The number of hydrogen-bond donors (Lipinski definition) is 1. The molecule has 0 bridgehead atoms. The van der Waals surface area contributed by atoms with Gasteiger partial charge in [-0.1, -0.05) is 18.3 Å². The van der Waals surface area contributed by atoms with Gasteiger partial charge in [0.05, 0.1) is 33.2 Å². The lowest BCUT2D eigenvalue weighted by molar-refractivity contribution is 0.0730. The summed E-state index contributed by atoms with van der Waals surface area (Å²) in [6.45, 7) is 4.00. The Labute approximate surface area is 208 Å². The van der Waals surface area contributed by atoms with Crippen molar-refractivity contribution in [1.82, 2.24) is 13.6 Å². The monoisotopic (exact) mass is 541 g/mol. The Kier molecular flexibility index (Phi) is 7.93. The Morgan fingerprint density at radius 2 is 1.71 bits per heavy atom. The van der Waals surface area contributed by atoms with Crippen molar-refractivity contribution in [2.24, 2.45) is 0 Å². The van der Waals surface area contributed by atoms with Crippen LogP contribution < -0.4 is 14.3 Å². The number of benzene rings is 2. The Bertz CT molecular complexity index is 1440. The summed E-state index contributed by atoms with van der Waals surface area (Å²) in [6, 6.07) is 10.7. The van der Waals surface area contributed by atoms with E-state index in [1.807, 2.05) is 6.92 Å². The van der Waals surface area contributed by atoms with Crippen LogP contribution in [0, 0.1) is 0 Å². The van der Waals surface area contributed by atoms with Crippen molar-refractivity contribution in [2.75, 3.05) is 39.5 Å². The first-order chi connectivity index (χ1) is 16.7. The molecule has 3 aromatic rings. The Morgan fingerprint density at radius 1 is 1.03 bits per heavy atom. The van der Waals surface area contributed by atoms with E-state index < -0.39 is 20.0 Å². The average molecular weight is 542 g/mol. The molecule has 4 rings (SSSR count). The maximum atomic E-state index is 12.7. The Hall–Kier alpha value is -2.29. The van der Waals surface area contributed by atoms with E-state index in [0.717, 1.165) is 23.3 Å².